The predicted octanol–water partition coefficient (Wildman–Crippen LogP) is 3.09. The van der Waals surface area contributed by atoms with E-state index in [-0.39, 0.29) is 6.04 Å². The highest BCUT2D eigenvalue weighted by molar-refractivity contribution is 6.30. The average Bonchev–Trinajstić information content (AvgIpc) is 3.20. The lowest BCUT2D eigenvalue weighted by molar-refractivity contribution is 0.131. The summed E-state index contributed by atoms with van der Waals surface area (Å²) < 4.78 is 5.70. The molecule has 1 aliphatic rings. The maximum Gasteiger partial charge on any atom is 0.0641 e. The summed E-state index contributed by atoms with van der Waals surface area (Å²) in [5.41, 5.74) is 8.32. The fourth-order valence-electron chi connectivity index (χ4n) is 2.27. The molecule has 20 heavy (non-hydrogen) atoms. The second-order valence-corrected chi connectivity index (χ2v) is 6.33. The van der Waals surface area contributed by atoms with Crippen molar-refractivity contribution in [1.82, 2.24) is 0 Å². The predicted molar refractivity (Wildman–Crippen MR) is 85.6 cm³/mol. The zero-order valence-electron chi connectivity index (χ0n) is 12.4. The topological polar surface area (TPSA) is 38.5 Å². The van der Waals surface area contributed by atoms with Gasteiger partial charge in [-0.3, -0.25) is 0 Å². The molecule has 1 saturated carbocycles. The van der Waals surface area contributed by atoms with Crippen LogP contribution in [0, 0.1) is 5.92 Å². The average molecular weight is 297 g/mol. The third-order valence-electron chi connectivity index (χ3n) is 3.62. The quantitative estimate of drug-likeness (QED) is 0.749. The van der Waals surface area contributed by atoms with Crippen molar-refractivity contribution in [3.63, 3.8) is 0 Å². The van der Waals surface area contributed by atoms with Gasteiger partial charge >= 0.3 is 0 Å². The summed E-state index contributed by atoms with van der Waals surface area (Å²) in [6.07, 6.45) is 3.53. The van der Waals surface area contributed by atoms with Gasteiger partial charge in [0.05, 0.1) is 6.61 Å². The summed E-state index contributed by atoms with van der Waals surface area (Å²) in [7, 11) is 2.08. The van der Waals surface area contributed by atoms with E-state index in [1.165, 1.54) is 18.4 Å². The number of rotatable bonds is 8. The first kappa shape index (κ1) is 15.6. The van der Waals surface area contributed by atoms with E-state index in [0.29, 0.717) is 0 Å². The van der Waals surface area contributed by atoms with Crippen molar-refractivity contribution in [2.45, 2.75) is 32.2 Å². The van der Waals surface area contributed by atoms with E-state index >= 15 is 0 Å². The van der Waals surface area contributed by atoms with Crippen LogP contribution >= 0.6 is 11.6 Å². The fraction of sp³-hybridized carbons (Fsp3) is 0.625. The van der Waals surface area contributed by atoms with Crippen LogP contribution in [-0.2, 0) is 11.2 Å². The Bertz CT molecular complexity index is 432. The van der Waals surface area contributed by atoms with E-state index in [4.69, 9.17) is 22.1 Å². The van der Waals surface area contributed by atoms with Crippen LogP contribution in [0.2, 0.25) is 5.02 Å². The highest BCUT2D eigenvalue weighted by atomic mass is 35.5. The molecule has 4 heteroatoms. The molecule has 1 aromatic rings. The lowest BCUT2D eigenvalue weighted by Gasteiger charge is -2.23. The number of anilines is 1. The monoisotopic (exact) mass is 296 g/mol. The van der Waals surface area contributed by atoms with E-state index in [2.05, 4.69) is 18.0 Å². The van der Waals surface area contributed by atoms with Crippen LogP contribution in [0.5, 0.6) is 0 Å². The van der Waals surface area contributed by atoms with E-state index in [1.54, 1.807) is 0 Å². The van der Waals surface area contributed by atoms with Crippen molar-refractivity contribution >= 4 is 17.3 Å². The molecule has 1 fully saturated rings. The van der Waals surface area contributed by atoms with Crippen LogP contribution in [0.25, 0.3) is 0 Å². The maximum atomic E-state index is 6.12. The van der Waals surface area contributed by atoms with Crippen LogP contribution in [0.1, 0.15) is 25.3 Å². The Morgan fingerprint density at radius 2 is 2.20 bits per heavy atom. The van der Waals surface area contributed by atoms with E-state index in [9.17, 15) is 0 Å². The molecule has 0 heterocycles. The first-order chi connectivity index (χ1) is 9.56. The van der Waals surface area contributed by atoms with Crippen LogP contribution in [0.15, 0.2) is 18.2 Å². The van der Waals surface area contributed by atoms with Gasteiger partial charge in [-0.15, -0.1) is 0 Å². The molecular formula is C16H25ClN2O. The summed E-state index contributed by atoms with van der Waals surface area (Å²) >= 11 is 6.12. The van der Waals surface area contributed by atoms with Gasteiger partial charge < -0.3 is 15.4 Å². The molecule has 112 valence electrons. The van der Waals surface area contributed by atoms with Gasteiger partial charge in [0.1, 0.15) is 0 Å². The van der Waals surface area contributed by atoms with E-state index in [0.717, 1.165) is 42.8 Å². The van der Waals surface area contributed by atoms with Gasteiger partial charge in [-0.25, -0.2) is 0 Å². The van der Waals surface area contributed by atoms with Crippen molar-refractivity contribution < 1.29 is 4.74 Å². The molecule has 0 bridgehead atoms. The zero-order valence-corrected chi connectivity index (χ0v) is 13.2. The summed E-state index contributed by atoms with van der Waals surface area (Å²) in [6.45, 7) is 4.57. The molecular weight excluding hydrogens is 272 g/mol. The van der Waals surface area contributed by atoms with Crippen LogP contribution in [0.4, 0.5) is 5.69 Å². The molecule has 0 saturated heterocycles. The first-order valence-corrected chi connectivity index (χ1v) is 7.77. The Morgan fingerprint density at radius 3 is 2.85 bits per heavy atom. The number of nitrogens with zero attached hydrogens (tertiary/aromatic N) is 1. The summed E-state index contributed by atoms with van der Waals surface area (Å²) in [6, 6.07) is 6.16. The van der Waals surface area contributed by atoms with Gasteiger partial charge in [0, 0.05) is 37.0 Å². The summed E-state index contributed by atoms with van der Waals surface area (Å²) in [5.74, 6) is 0.820. The Hall–Kier alpha value is -0.770. The highest BCUT2D eigenvalue weighted by Crippen LogP contribution is 2.29. The summed E-state index contributed by atoms with van der Waals surface area (Å²) in [5, 5.41) is 0.763. The molecule has 1 atom stereocenters. The molecule has 3 nitrogen and oxygen atoms in total. The Kier molecular flexibility index (Phi) is 5.70. The van der Waals surface area contributed by atoms with Crippen LogP contribution in [0.3, 0.4) is 0 Å². The van der Waals surface area contributed by atoms with Crippen molar-refractivity contribution in [2.75, 3.05) is 31.7 Å². The van der Waals surface area contributed by atoms with Gasteiger partial charge in [0.2, 0.25) is 0 Å². The first-order valence-electron chi connectivity index (χ1n) is 7.39. The Labute approximate surface area is 127 Å². The molecule has 1 aromatic carbocycles. The normalized spacial score (nSPS) is 16.2. The van der Waals surface area contributed by atoms with Crippen LogP contribution in [-0.4, -0.2) is 32.8 Å². The minimum atomic E-state index is 0.148. The van der Waals surface area contributed by atoms with Gasteiger partial charge in [0.25, 0.3) is 0 Å². The number of nitrogens with two attached hydrogens (primary N) is 1. The molecule has 2 rings (SSSR count). The smallest absolute Gasteiger partial charge is 0.0641 e. The third-order valence-corrected chi connectivity index (χ3v) is 3.86. The third kappa shape index (κ3) is 4.97. The highest BCUT2D eigenvalue weighted by Gasteiger charge is 2.21. The molecule has 1 unspecified atom stereocenters. The minimum Gasteiger partial charge on any atom is -0.379 e. The van der Waals surface area contributed by atoms with Crippen molar-refractivity contribution in [2.24, 2.45) is 11.7 Å². The molecule has 0 amide bonds. The van der Waals surface area contributed by atoms with E-state index < -0.39 is 0 Å². The lowest BCUT2D eigenvalue weighted by Crippen LogP contribution is -2.26. The van der Waals surface area contributed by atoms with Gasteiger partial charge in [-0.2, -0.15) is 0 Å². The number of likely N-dealkylation sites (N-methyl/N-ethyl adjacent to an activating group) is 1. The molecule has 0 aromatic heterocycles. The number of benzene rings is 1. The second-order valence-electron chi connectivity index (χ2n) is 5.89. The van der Waals surface area contributed by atoms with Gasteiger partial charge in [0.15, 0.2) is 0 Å². The lowest BCUT2D eigenvalue weighted by atomic mass is 10.0. The number of ether oxygens (including phenoxy) is 1. The summed E-state index contributed by atoms with van der Waals surface area (Å²) in [4.78, 5) is 2.20. The van der Waals surface area contributed by atoms with Crippen molar-refractivity contribution in [1.29, 1.82) is 0 Å². The van der Waals surface area contributed by atoms with Crippen LogP contribution < -0.4 is 10.6 Å². The van der Waals surface area contributed by atoms with Crippen molar-refractivity contribution in [3.8, 4) is 0 Å². The van der Waals surface area contributed by atoms with Gasteiger partial charge in [-0.1, -0.05) is 17.7 Å². The second kappa shape index (κ2) is 7.30. The standard InChI is InChI=1S/C16H25ClN2O/c1-12(18)9-14-5-6-15(17)10-16(14)19(2)7-8-20-11-13-3-4-13/h5-6,10,12-13H,3-4,7-9,11,18H2,1-2H3. The zero-order chi connectivity index (χ0) is 14.5. The number of hydrogen-bond acceptors (Lipinski definition) is 3. The number of halogens is 1. The molecule has 0 aliphatic heterocycles. The maximum absolute atomic E-state index is 6.12. The fourth-order valence-corrected chi connectivity index (χ4v) is 2.43. The number of hydrogen-bond donors (Lipinski definition) is 1. The largest absolute Gasteiger partial charge is 0.379 e. The van der Waals surface area contributed by atoms with Crippen molar-refractivity contribution in [3.05, 3.63) is 28.8 Å². The molecule has 2 N–H and O–H groups in total. The van der Waals surface area contributed by atoms with E-state index in [1.807, 2.05) is 19.1 Å². The molecule has 0 radical (unpaired) electrons. The minimum absolute atomic E-state index is 0.148. The van der Waals surface area contributed by atoms with Gasteiger partial charge in [-0.05, 0) is 49.8 Å². The Balaban J connectivity index is 1.91. The SMILES string of the molecule is CC(N)Cc1ccc(Cl)cc1N(C)CCOCC1CC1. The molecule has 0 spiro atoms. The Morgan fingerprint density at radius 1 is 1.45 bits per heavy atom. The molecule has 1 aliphatic carbocycles.